The van der Waals surface area contributed by atoms with Crippen molar-refractivity contribution in [2.45, 2.75) is 45.4 Å². The molecule has 3 atom stereocenters. The Morgan fingerprint density at radius 3 is 2.60 bits per heavy atom. The summed E-state index contributed by atoms with van der Waals surface area (Å²) >= 11 is 0. The highest BCUT2D eigenvalue weighted by Gasteiger charge is 2.46. The first-order valence-electron chi connectivity index (χ1n) is 7.41. The van der Waals surface area contributed by atoms with Crippen LogP contribution in [0.1, 0.15) is 45.4 Å². The second kappa shape index (κ2) is 5.64. The highest BCUT2D eigenvalue weighted by atomic mass is 32.2. The number of rotatable bonds is 4. The number of carboxylic acid groups (broad SMARTS) is 1. The molecule has 2 aliphatic rings. The lowest BCUT2D eigenvalue weighted by Crippen LogP contribution is -2.42. The molecule has 3 unspecified atom stereocenters. The summed E-state index contributed by atoms with van der Waals surface area (Å²) in [5, 5.41) is 9.61. The molecule has 1 saturated carbocycles. The van der Waals surface area contributed by atoms with Gasteiger partial charge in [0, 0.05) is 13.1 Å². The molecule has 0 aromatic rings. The van der Waals surface area contributed by atoms with Crippen molar-refractivity contribution in [2.75, 3.05) is 19.3 Å². The number of hydrogen-bond acceptors (Lipinski definition) is 3. The number of piperidine rings is 1. The third kappa shape index (κ3) is 3.34. The fourth-order valence-corrected chi connectivity index (χ4v) is 4.85. The van der Waals surface area contributed by atoms with Crippen molar-refractivity contribution in [3.63, 3.8) is 0 Å². The second-order valence-electron chi connectivity index (χ2n) is 6.77. The first kappa shape index (κ1) is 15.8. The summed E-state index contributed by atoms with van der Waals surface area (Å²) in [5.41, 5.74) is -0.620. The number of carboxylic acids is 1. The number of hydrogen-bond donors (Lipinski definition) is 1. The lowest BCUT2D eigenvalue weighted by molar-refractivity contribution is -0.150. The summed E-state index contributed by atoms with van der Waals surface area (Å²) in [6.45, 7) is 3.17. The molecule has 1 heterocycles. The minimum Gasteiger partial charge on any atom is -0.481 e. The number of sulfonamides is 1. The lowest BCUT2D eigenvalue weighted by Gasteiger charge is -2.35. The van der Waals surface area contributed by atoms with Crippen LogP contribution in [0.25, 0.3) is 0 Å². The Labute approximate surface area is 121 Å². The van der Waals surface area contributed by atoms with Crippen molar-refractivity contribution < 1.29 is 18.3 Å². The van der Waals surface area contributed by atoms with Crippen LogP contribution in [-0.4, -0.2) is 43.1 Å². The smallest absolute Gasteiger partial charge is 0.309 e. The molecule has 0 aromatic heterocycles. The van der Waals surface area contributed by atoms with E-state index < -0.39 is 21.4 Å². The van der Waals surface area contributed by atoms with E-state index >= 15 is 0 Å². The highest BCUT2D eigenvalue weighted by molar-refractivity contribution is 7.88. The minimum absolute atomic E-state index is 0.180. The van der Waals surface area contributed by atoms with Crippen LogP contribution < -0.4 is 0 Å². The standard InChI is InChI=1S/C14H25NO4S/c1-11-5-6-14(8-11,13(16)17)9-12-4-3-7-15(10-12)20(2,18)19/h11-12H,3-10H2,1-2H3,(H,16,17). The van der Waals surface area contributed by atoms with E-state index in [1.807, 2.05) is 0 Å². The third-order valence-corrected chi connectivity index (χ3v) is 6.21. The van der Waals surface area contributed by atoms with Gasteiger partial charge in [-0.25, -0.2) is 12.7 Å². The van der Waals surface area contributed by atoms with Crippen molar-refractivity contribution in [3.8, 4) is 0 Å². The predicted molar refractivity (Wildman–Crippen MR) is 76.8 cm³/mol. The van der Waals surface area contributed by atoms with E-state index in [2.05, 4.69) is 6.92 Å². The summed E-state index contributed by atoms with van der Waals surface area (Å²) < 4.78 is 24.8. The van der Waals surface area contributed by atoms with E-state index in [1.54, 1.807) is 0 Å². The molecule has 2 rings (SSSR count). The molecule has 0 spiro atoms. The molecule has 1 saturated heterocycles. The maximum atomic E-state index is 11.7. The predicted octanol–water partition coefficient (Wildman–Crippen LogP) is 1.94. The van der Waals surface area contributed by atoms with Crippen LogP contribution in [0, 0.1) is 17.3 Å². The molecule has 6 heteroatoms. The number of nitrogens with zero attached hydrogens (tertiary/aromatic N) is 1. The average molecular weight is 303 g/mol. The Morgan fingerprint density at radius 1 is 1.40 bits per heavy atom. The Hall–Kier alpha value is -0.620. The Bertz CT molecular complexity index is 476. The molecule has 0 bridgehead atoms. The van der Waals surface area contributed by atoms with E-state index in [1.165, 1.54) is 10.6 Å². The van der Waals surface area contributed by atoms with Gasteiger partial charge in [0.25, 0.3) is 0 Å². The summed E-state index contributed by atoms with van der Waals surface area (Å²) in [6.07, 6.45) is 6.07. The molecule has 1 aliphatic heterocycles. The molecule has 20 heavy (non-hydrogen) atoms. The molecule has 116 valence electrons. The summed E-state index contributed by atoms with van der Waals surface area (Å²) in [5.74, 6) is -0.0566. The molecular weight excluding hydrogens is 278 g/mol. The Balaban J connectivity index is 2.06. The largest absolute Gasteiger partial charge is 0.481 e. The highest BCUT2D eigenvalue weighted by Crippen LogP contribution is 2.47. The van der Waals surface area contributed by atoms with Crippen molar-refractivity contribution in [1.82, 2.24) is 4.31 Å². The molecule has 1 aliphatic carbocycles. The summed E-state index contributed by atoms with van der Waals surface area (Å²) in [7, 11) is -3.16. The molecule has 0 amide bonds. The van der Waals surface area contributed by atoms with Crippen LogP contribution in [0.5, 0.6) is 0 Å². The normalized spacial score (nSPS) is 36.1. The van der Waals surface area contributed by atoms with Gasteiger partial charge in [-0.05, 0) is 50.4 Å². The zero-order valence-electron chi connectivity index (χ0n) is 12.3. The zero-order chi connectivity index (χ0) is 15.0. The minimum atomic E-state index is -3.16. The topological polar surface area (TPSA) is 74.7 Å². The first-order chi connectivity index (χ1) is 9.23. The van der Waals surface area contributed by atoms with E-state index in [0.29, 0.717) is 25.4 Å². The average Bonchev–Trinajstić information content (AvgIpc) is 2.71. The SMILES string of the molecule is CC1CCC(CC2CCCN(S(C)(=O)=O)C2)(C(=O)O)C1. The molecule has 5 nitrogen and oxygen atoms in total. The van der Waals surface area contributed by atoms with Gasteiger partial charge in [0.15, 0.2) is 0 Å². The quantitative estimate of drug-likeness (QED) is 0.861. The number of carbonyl (C=O) groups is 1. The first-order valence-corrected chi connectivity index (χ1v) is 9.26. The molecular formula is C14H25NO4S. The Morgan fingerprint density at radius 2 is 2.10 bits per heavy atom. The van der Waals surface area contributed by atoms with Crippen molar-refractivity contribution >= 4 is 16.0 Å². The zero-order valence-corrected chi connectivity index (χ0v) is 13.2. The van der Waals surface area contributed by atoms with Crippen LogP contribution in [0.4, 0.5) is 0 Å². The van der Waals surface area contributed by atoms with Gasteiger partial charge in [0.05, 0.1) is 11.7 Å². The van der Waals surface area contributed by atoms with Crippen LogP contribution in [0.3, 0.4) is 0 Å². The van der Waals surface area contributed by atoms with Gasteiger partial charge < -0.3 is 5.11 Å². The van der Waals surface area contributed by atoms with Gasteiger partial charge in [-0.3, -0.25) is 4.79 Å². The summed E-state index contributed by atoms with van der Waals surface area (Å²) in [6, 6.07) is 0. The van der Waals surface area contributed by atoms with Crippen LogP contribution in [0.2, 0.25) is 0 Å². The van der Waals surface area contributed by atoms with Gasteiger partial charge in [-0.2, -0.15) is 0 Å². The van der Waals surface area contributed by atoms with E-state index in [0.717, 1.165) is 32.1 Å². The van der Waals surface area contributed by atoms with Crippen molar-refractivity contribution in [2.24, 2.45) is 17.3 Å². The van der Waals surface area contributed by atoms with Gasteiger partial charge in [-0.1, -0.05) is 6.92 Å². The maximum absolute atomic E-state index is 11.7. The molecule has 0 radical (unpaired) electrons. The van der Waals surface area contributed by atoms with Gasteiger partial charge in [0.2, 0.25) is 10.0 Å². The van der Waals surface area contributed by atoms with Crippen molar-refractivity contribution in [3.05, 3.63) is 0 Å². The van der Waals surface area contributed by atoms with Crippen LogP contribution >= 0.6 is 0 Å². The van der Waals surface area contributed by atoms with E-state index in [9.17, 15) is 18.3 Å². The maximum Gasteiger partial charge on any atom is 0.309 e. The van der Waals surface area contributed by atoms with Crippen LogP contribution in [-0.2, 0) is 14.8 Å². The number of aliphatic carboxylic acids is 1. The third-order valence-electron chi connectivity index (χ3n) is 4.94. The second-order valence-corrected chi connectivity index (χ2v) is 8.75. The fourth-order valence-electron chi connectivity index (χ4n) is 3.91. The monoisotopic (exact) mass is 303 g/mol. The lowest BCUT2D eigenvalue weighted by atomic mass is 9.75. The van der Waals surface area contributed by atoms with Gasteiger partial charge >= 0.3 is 5.97 Å². The van der Waals surface area contributed by atoms with Gasteiger partial charge in [0.1, 0.15) is 0 Å². The molecule has 0 aromatic carbocycles. The van der Waals surface area contributed by atoms with Gasteiger partial charge in [-0.15, -0.1) is 0 Å². The Kier molecular flexibility index (Phi) is 4.44. The van der Waals surface area contributed by atoms with Crippen LogP contribution in [0.15, 0.2) is 0 Å². The molecule has 2 fully saturated rings. The van der Waals surface area contributed by atoms with E-state index in [-0.39, 0.29) is 5.92 Å². The fraction of sp³-hybridized carbons (Fsp3) is 0.929. The summed E-state index contributed by atoms with van der Waals surface area (Å²) in [4.78, 5) is 11.7. The van der Waals surface area contributed by atoms with E-state index in [4.69, 9.17) is 0 Å². The van der Waals surface area contributed by atoms with Crippen molar-refractivity contribution in [1.29, 1.82) is 0 Å². The molecule has 1 N–H and O–H groups in total.